The van der Waals surface area contributed by atoms with Gasteiger partial charge in [-0.1, -0.05) is 6.92 Å². The predicted octanol–water partition coefficient (Wildman–Crippen LogP) is 1.73. The molecular weight excluding hydrogens is 324 g/mol. The Kier molecular flexibility index (Phi) is 5.11. The van der Waals surface area contributed by atoms with Gasteiger partial charge in [-0.2, -0.15) is 4.31 Å². The highest BCUT2D eigenvalue weighted by atomic mass is 35.5. The summed E-state index contributed by atoms with van der Waals surface area (Å²) >= 11 is 0. The fourth-order valence-corrected chi connectivity index (χ4v) is 5.05. The van der Waals surface area contributed by atoms with Crippen LogP contribution < -0.4 is 5.73 Å². The molecule has 3 rings (SSSR count). The lowest BCUT2D eigenvalue weighted by atomic mass is 9.93. The lowest BCUT2D eigenvalue weighted by molar-refractivity contribution is 0.192. The number of hydrogen-bond donors (Lipinski definition) is 2. The van der Waals surface area contributed by atoms with E-state index in [2.05, 4.69) is 16.9 Å². The third-order valence-corrected chi connectivity index (χ3v) is 6.27. The van der Waals surface area contributed by atoms with E-state index >= 15 is 0 Å². The van der Waals surface area contributed by atoms with Gasteiger partial charge in [-0.25, -0.2) is 13.4 Å². The van der Waals surface area contributed by atoms with E-state index in [0.717, 1.165) is 12.8 Å². The standard InChI is InChI=1S/C14H20N4O2S.ClH/c1-10-4-3-7-18(12(10)8-15)21(19,20)13-9-17-14-11(13)5-2-6-16-14;/h2,5-6,9-10,12H,3-4,7-8,15H2,1H3,(H,16,17);1H. The molecule has 6 nitrogen and oxygen atoms in total. The molecule has 2 atom stereocenters. The van der Waals surface area contributed by atoms with E-state index < -0.39 is 10.0 Å². The van der Waals surface area contributed by atoms with Crippen LogP contribution in [0.4, 0.5) is 0 Å². The molecule has 1 saturated heterocycles. The molecule has 8 heteroatoms. The molecule has 0 amide bonds. The lowest BCUT2D eigenvalue weighted by Gasteiger charge is -2.38. The number of sulfonamides is 1. The molecule has 0 saturated carbocycles. The summed E-state index contributed by atoms with van der Waals surface area (Å²) < 4.78 is 27.6. The third-order valence-electron chi connectivity index (χ3n) is 4.31. The predicted molar refractivity (Wildman–Crippen MR) is 88.5 cm³/mol. The fraction of sp³-hybridized carbons (Fsp3) is 0.500. The summed E-state index contributed by atoms with van der Waals surface area (Å²) in [5.74, 6) is 0.279. The van der Waals surface area contributed by atoms with Crippen molar-refractivity contribution < 1.29 is 8.42 Å². The van der Waals surface area contributed by atoms with Crippen LogP contribution in [0.15, 0.2) is 29.4 Å². The first-order valence-corrected chi connectivity index (χ1v) is 8.63. The smallest absolute Gasteiger partial charge is 0.245 e. The van der Waals surface area contributed by atoms with Crippen molar-refractivity contribution in [3.63, 3.8) is 0 Å². The highest BCUT2D eigenvalue weighted by Gasteiger charge is 2.37. The van der Waals surface area contributed by atoms with Crippen LogP contribution in [0.5, 0.6) is 0 Å². The lowest BCUT2D eigenvalue weighted by Crippen LogP contribution is -2.51. The highest BCUT2D eigenvalue weighted by molar-refractivity contribution is 7.89. The zero-order valence-electron chi connectivity index (χ0n) is 12.4. The van der Waals surface area contributed by atoms with E-state index in [0.29, 0.717) is 24.1 Å². The Morgan fingerprint density at radius 3 is 3.00 bits per heavy atom. The Morgan fingerprint density at radius 2 is 2.27 bits per heavy atom. The maximum absolute atomic E-state index is 13.0. The second kappa shape index (κ2) is 6.54. The zero-order valence-corrected chi connectivity index (χ0v) is 14.0. The zero-order chi connectivity index (χ0) is 15.0. The molecule has 0 aromatic carbocycles. The van der Waals surface area contributed by atoms with Gasteiger partial charge < -0.3 is 10.7 Å². The van der Waals surface area contributed by atoms with Crippen LogP contribution in [0.3, 0.4) is 0 Å². The molecule has 3 heterocycles. The number of hydrogen-bond acceptors (Lipinski definition) is 4. The number of rotatable bonds is 3. The van der Waals surface area contributed by atoms with Crippen molar-refractivity contribution in [1.82, 2.24) is 14.3 Å². The molecule has 0 radical (unpaired) electrons. The largest absolute Gasteiger partial charge is 0.345 e. The summed E-state index contributed by atoms with van der Waals surface area (Å²) in [6.07, 6.45) is 5.06. The Bertz CT molecular complexity index is 746. The minimum absolute atomic E-state index is 0. The van der Waals surface area contributed by atoms with Crippen LogP contribution in [0.25, 0.3) is 11.0 Å². The quantitative estimate of drug-likeness (QED) is 0.887. The van der Waals surface area contributed by atoms with Gasteiger partial charge in [0.1, 0.15) is 10.5 Å². The summed E-state index contributed by atoms with van der Waals surface area (Å²) in [5.41, 5.74) is 6.41. The maximum Gasteiger partial charge on any atom is 0.245 e. The van der Waals surface area contributed by atoms with Gasteiger partial charge in [0.25, 0.3) is 0 Å². The Morgan fingerprint density at radius 1 is 1.50 bits per heavy atom. The van der Waals surface area contributed by atoms with Crippen LogP contribution >= 0.6 is 12.4 Å². The minimum Gasteiger partial charge on any atom is -0.345 e. The van der Waals surface area contributed by atoms with Crippen molar-refractivity contribution in [3.8, 4) is 0 Å². The van der Waals surface area contributed by atoms with Crippen molar-refractivity contribution in [2.45, 2.75) is 30.7 Å². The molecular formula is C14H21ClN4O2S. The molecule has 2 aromatic rings. The number of fused-ring (bicyclic) bond motifs is 1. The first-order chi connectivity index (χ1) is 10.1. The Labute approximate surface area is 136 Å². The Hall–Kier alpha value is -1.15. The normalized spacial score (nSPS) is 23.4. The summed E-state index contributed by atoms with van der Waals surface area (Å²) in [7, 11) is -3.56. The number of halogens is 1. The molecule has 1 aliphatic heterocycles. The molecule has 0 spiro atoms. The van der Waals surface area contributed by atoms with Crippen LogP contribution in [0.2, 0.25) is 0 Å². The first kappa shape index (κ1) is 17.2. The molecule has 122 valence electrons. The third kappa shape index (κ3) is 2.74. The number of aromatic amines is 1. The van der Waals surface area contributed by atoms with E-state index in [4.69, 9.17) is 5.73 Å². The molecule has 0 aliphatic carbocycles. The number of nitrogens with one attached hydrogen (secondary N) is 1. The van der Waals surface area contributed by atoms with Gasteiger partial charge in [0.05, 0.1) is 0 Å². The summed E-state index contributed by atoms with van der Waals surface area (Å²) in [6.45, 7) is 2.94. The second-order valence-electron chi connectivity index (χ2n) is 5.59. The average molecular weight is 345 g/mol. The van der Waals surface area contributed by atoms with Crippen molar-refractivity contribution in [1.29, 1.82) is 0 Å². The van der Waals surface area contributed by atoms with Gasteiger partial charge in [0.15, 0.2) is 0 Å². The van der Waals surface area contributed by atoms with Crippen LogP contribution in [0, 0.1) is 5.92 Å². The molecule has 2 unspecified atom stereocenters. The van der Waals surface area contributed by atoms with Crippen LogP contribution in [-0.2, 0) is 10.0 Å². The fourth-order valence-electron chi connectivity index (χ4n) is 3.13. The average Bonchev–Trinajstić information content (AvgIpc) is 2.91. The highest BCUT2D eigenvalue weighted by Crippen LogP contribution is 2.31. The number of H-pyrrole nitrogens is 1. The van der Waals surface area contributed by atoms with Crippen LogP contribution in [-0.4, -0.2) is 41.8 Å². The number of nitrogens with zero attached hydrogens (tertiary/aromatic N) is 2. The summed E-state index contributed by atoms with van der Waals surface area (Å²) in [5, 5.41) is 0.631. The van der Waals surface area contributed by atoms with E-state index in [1.54, 1.807) is 22.6 Å². The monoisotopic (exact) mass is 344 g/mol. The molecule has 22 heavy (non-hydrogen) atoms. The number of aromatic nitrogens is 2. The first-order valence-electron chi connectivity index (χ1n) is 7.19. The van der Waals surface area contributed by atoms with Gasteiger partial charge >= 0.3 is 0 Å². The van der Waals surface area contributed by atoms with Gasteiger partial charge in [0.2, 0.25) is 10.0 Å². The maximum atomic E-state index is 13.0. The van der Waals surface area contributed by atoms with E-state index in [1.807, 2.05) is 0 Å². The topological polar surface area (TPSA) is 92.1 Å². The number of piperidine rings is 1. The van der Waals surface area contributed by atoms with Crippen LogP contribution in [0.1, 0.15) is 19.8 Å². The SMILES string of the molecule is CC1CCCN(S(=O)(=O)c2c[nH]c3ncccc23)C1CN.Cl. The van der Waals surface area contributed by atoms with E-state index in [-0.39, 0.29) is 29.3 Å². The molecule has 3 N–H and O–H groups in total. The van der Waals surface area contributed by atoms with Crippen molar-refractivity contribution >= 4 is 33.5 Å². The molecule has 1 aliphatic rings. The van der Waals surface area contributed by atoms with Crippen molar-refractivity contribution in [2.24, 2.45) is 11.7 Å². The molecule has 0 bridgehead atoms. The van der Waals surface area contributed by atoms with Gasteiger partial charge in [-0.15, -0.1) is 12.4 Å². The van der Waals surface area contributed by atoms with E-state index in [9.17, 15) is 8.42 Å². The van der Waals surface area contributed by atoms with Gasteiger partial charge in [-0.05, 0) is 30.9 Å². The van der Waals surface area contributed by atoms with Crippen molar-refractivity contribution in [2.75, 3.05) is 13.1 Å². The number of pyridine rings is 1. The summed E-state index contributed by atoms with van der Waals surface area (Å²) in [6, 6.07) is 3.38. The number of nitrogens with two attached hydrogens (primary N) is 1. The van der Waals surface area contributed by atoms with Gasteiger partial charge in [-0.3, -0.25) is 0 Å². The Balaban J connectivity index is 0.00000176. The summed E-state index contributed by atoms with van der Waals surface area (Å²) in [4.78, 5) is 7.37. The van der Waals surface area contributed by atoms with E-state index in [1.165, 1.54) is 6.20 Å². The molecule has 1 fully saturated rings. The minimum atomic E-state index is -3.56. The van der Waals surface area contributed by atoms with Gasteiger partial charge in [0, 0.05) is 36.9 Å². The second-order valence-corrected chi connectivity index (χ2v) is 7.45. The van der Waals surface area contributed by atoms with Crippen molar-refractivity contribution in [3.05, 3.63) is 24.5 Å². The molecule has 2 aromatic heterocycles.